The van der Waals surface area contributed by atoms with Crippen LogP contribution in [0, 0.1) is 10.8 Å². The predicted octanol–water partition coefficient (Wildman–Crippen LogP) is 3.44. The second-order valence-corrected chi connectivity index (χ2v) is 6.48. The lowest BCUT2D eigenvalue weighted by Gasteiger charge is -2.36. The lowest BCUT2D eigenvalue weighted by molar-refractivity contribution is 0.0934. The molecule has 0 amide bonds. The number of phenolic OH excluding ortho intramolecular Hbond substituents is 1. The maximum Gasteiger partial charge on any atom is 0.160 e. The molecular weight excluding hydrogens is 266 g/mol. The zero-order valence-electron chi connectivity index (χ0n) is 13.1. The Morgan fingerprint density at radius 1 is 1.38 bits per heavy atom. The van der Waals surface area contributed by atoms with Crippen LogP contribution in [0.1, 0.15) is 56.6 Å². The summed E-state index contributed by atoms with van der Waals surface area (Å²) in [4.78, 5) is 0. The van der Waals surface area contributed by atoms with Gasteiger partial charge in [-0.1, -0.05) is 6.92 Å². The highest BCUT2D eigenvalue weighted by molar-refractivity contribution is 5.98. The van der Waals surface area contributed by atoms with Gasteiger partial charge in [0.25, 0.3) is 0 Å². The number of benzene rings is 1. The maximum absolute atomic E-state index is 9.93. The quantitative estimate of drug-likeness (QED) is 0.744. The van der Waals surface area contributed by atoms with E-state index in [-0.39, 0.29) is 17.8 Å². The molecule has 4 heteroatoms. The Balaban J connectivity index is 2.33. The summed E-state index contributed by atoms with van der Waals surface area (Å²) in [6.45, 7) is 4.10. The molecule has 0 radical (unpaired) electrons. The molecule has 0 bridgehead atoms. The van der Waals surface area contributed by atoms with Crippen molar-refractivity contribution >= 4 is 5.71 Å². The fraction of sp³-hybridized carbons (Fsp3) is 0.588. The maximum atomic E-state index is 9.93. The van der Waals surface area contributed by atoms with Crippen LogP contribution in [0.15, 0.2) is 12.1 Å². The van der Waals surface area contributed by atoms with E-state index in [9.17, 15) is 10.2 Å². The standard InChI is InChI=1S/C17H25NO3/c1-11(18)13-8-15(20)16(21-3)9-14(13)12-4-6-17(2,10-19)7-5-12/h8-9,12,18-20H,4-7,10H2,1-3H3. The molecule has 0 atom stereocenters. The molecule has 1 saturated carbocycles. The van der Waals surface area contributed by atoms with Crippen LogP contribution >= 0.6 is 0 Å². The molecular formula is C17H25NO3. The Hall–Kier alpha value is -1.55. The zero-order chi connectivity index (χ0) is 15.6. The molecule has 1 aliphatic carbocycles. The Morgan fingerprint density at radius 3 is 2.48 bits per heavy atom. The van der Waals surface area contributed by atoms with E-state index < -0.39 is 0 Å². The molecule has 0 aromatic heterocycles. The van der Waals surface area contributed by atoms with Crippen molar-refractivity contribution < 1.29 is 14.9 Å². The fourth-order valence-corrected chi connectivity index (χ4v) is 3.19. The first-order valence-corrected chi connectivity index (χ1v) is 7.47. The van der Waals surface area contributed by atoms with Crippen molar-refractivity contribution in [3.63, 3.8) is 0 Å². The fourth-order valence-electron chi connectivity index (χ4n) is 3.19. The minimum Gasteiger partial charge on any atom is -0.504 e. The van der Waals surface area contributed by atoms with Crippen LogP contribution < -0.4 is 4.74 Å². The van der Waals surface area contributed by atoms with Crippen molar-refractivity contribution in [1.29, 1.82) is 5.41 Å². The van der Waals surface area contributed by atoms with E-state index in [4.69, 9.17) is 10.1 Å². The van der Waals surface area contributed by atoms with Crippen LogP contribution in [-0.4, -0.2) is 29.6 Å². The Kier molecular flexibility index (Phi) is 4.57. The molecule has 0 spiro atoms. The molecule has 3 N–H and O–H groups in total. The van der Waals surface area contributed by atoms with Gasteiger partial charge in [0, 0.05) is 17.9 Å². The summed E-state index contributed by atoms with van der Waals surface area (Å²) in [7, 11) is 1.54. The molecule has 116 valence electrons. The van der Waals surface area contributed by atoms with Crippen LogP contribution in [0.3, 0.4) is 0 Å². The molecule has 0 heterocycles. The summed E-state index contributed by atoms with van der Waals surface area (Å²) in [5, 5.41) is 27.4. The molecule has 2 rings (SSSR count). The van der Waals surface area contributed by atoms with E-state index in [2.05, 4.69) is 6.92 Å². The van der Waals surface area contributed by atoms with E-state index >= 15 is 0 Å². The van der Waals surface area contributed by atoms with E-state index in [0.29, 0.717) is 17.4 Å². The van der Waals surface area contributed by atoms with E-state index in [1.165, 1.54) is 0 Å². The average Bonchev–Trinajstić information content (AvgIpc) is 2.48. The van der Waals surface area contributed by atoms with Crippen molar-refractivity contribution in [2.45, 2.75) is 45.4 Å². The number of methoxy groups -OCH3 is 1. The normalized spacial score (nSPS) is 25.6. The van der Waals surface area contributed by atoms with E-state index in [1.807, 2.05) is 6.07 Å². The summed E-state index contributed by atoms with van der Waals surface area (Å²) < 4.78 is 5.21. The molecule has 1 aliphatic rings. The number of ether oxygens (including phenoxy) is 1. The summed E-state index contributed by atoms with van der Waals surface area (Å²) in [5.74, 6) is 0.902. The number of nitrogens with one attached hydrogen (secondary N) is 1. The predicted molar refractivity (Wildman–Crippen MR) is 83.6 cm³/mol. The first kappa shape index (κ1) is 15.8. The third-order valence-electron chi connectivity index (χ3n) is 4.77. The van der Waals surface area contributed by atoms with Gasteiger partial charge in [0.2, 0.25) is 0 Å². The third kappa shape index (κ3) is 3.21. The van der Waals surface area contributed by atoms with Gasteiger partial charge >= 0.3 is 0 Å². The SMILES string of the molecule is COc1cc(C2CCC(C)(CO)CC2)c(C(C)=N)cc1O. The molecule has 0 aliphatic heterocycles. The minimum absolute atomic E-state index is 0.0252. The first-order valence-electron chi connectivity index (χ1n) is 7.47. The minimum atomic E-state index is 0.0252. The van der Waals surface area contributed by atoms with Gasteiger partial charge in [-0.15, -0.1) is 0 Å². The van der Waals surface area contributed by atoms with Gasteiger partial charge in [-0.2, -0.15) is 0 Å². The van der Waals surface area contributed by atoms with Gasteiger partial charge in [-0.05, 0) is 61.6 Å². The number of aromatic hydroxyl groups is 1. The molecule has 1 fully saturated rings. The number of aliphatic hydroxyl groups is 1. The second-order valence-electron chi connectivity index (χ2n) is 6.48. The summed E-state index contributed by atoms with van der Waals surface area (Å²) in [6.07, 6.45) is 3.94. The largest absolute Gasteiger partial charge is 0.504 e. The van der Waals surface area contributed by atoms with Gasteiger partial charge < -0.3 is 20.4 Å². The molecule has 1 aromatic rings. The smallest absolute Gasteiger partial charge is 0.160 e. The number of phenols is 1. The lowest BCUT2D eigenvalue weighted by atomic mass is 9.70. The van der Waals surface area contributed by atoms with Crippen LogP contribution in [0.4, 0.5) is 0 Å². The number of rotatable bonds is 4. The van der Waals surface area contributed by atoms with Gasteiger partial charge in [-0.25, -0.2) is 0 Å². The third-order valence-corrected chi connectivity index (χ3v) is 4.77. The van der Waals surface area contributed by atoms with Crippen molar-refractivity contribution in [3.8, 4) is 11.5 Å². The Labute approximate surface area is 126 Å². The Morgan fingerprint density at radius 2 is 2.00 bits per heavy atom. The molecule has 1 aromatic carbocycles. The lowest BCUT2D eigenvalue weighted by Crippen LogP contribution is -2.27. The van der Waals surface area contributed by atoms with Crippen molar-refractivity contribution in [2.75, 3.05) is 13.7 Å². The van der Waals surface area contributed by atoms with Crippen molar-refractivity contribution in [1.82, 2.24) is 0 Å². The molecule has 0 saturated heterocycles. The van der Waals surface area contributed by atoms with Gasteiger partial charge in [-0.3, -0.25) is 0 Å². The van der Waals surface area contributed by atoms with E-state index in [1.54, 1.807) is 20.1 Å². The highest BCUT2D eigenvalue weighted by Crippen LogP contribution is 2.45. The zero-order valence-corrected chi connectivity index (χ0v) is 13.1. The highest BCUT2D eigenvalue weighted by Gasteiger charge is 2.32. The van der Waals surface area contributed by atoms with Crippen LogP contribution in [-0.2, 0) is 0 Å². The molecule has 4 nitrogen and oxygen atoms in total. The van der Waals surface area contributed by atoms with E-state index in [0.717, 1.165) is 36.8 Å². The summed E-state index contributed by atoms with van der Waals surface area (Å²) >= 11 is 0. The monoisotopic (exact) mass is 291 g/mol. The highest BCUT2D eigenvalue weighted by atomic mass is 16.5. The number of hydrogen-bond donors (Lipinski definition) is 3. The van der Waals surface area contributed by atoms with Gasteiger partial charge in [0.05, 0.1) is 7.11 Å². The molecule has 0 unspecified atom stereocenters. The second kappa shape index (κ2) is 6.06. The molecule has 21 heavy (non-hydrogen) atoms. The number of aliphatic hydroxyl groups excluding tert-OH is 1. The van der Waals surface area contributed by atoms with Crippen LogP contribution in [0.25, 0.3) is 0 Å². The summed E-state index contributed by atoms with van der Waals surface area (Å²) in [6, 6.07) is 3.51. The Bertz CT molecular complexity index is 531. The van der Waals surface area contributed by atoms with Gasteiger partial charge in [0.1, 0.15) is 0 Å². The van der Waals surface area contributed by atoms with Crippen molar-refractivity contribution in [3.05, 3.63) is 23.3 Å². The van der Waals surface area contributed by atoms with Crippen molar-refractivity contribution in [2.24, 2.45) is 5.41 Å². The number of hydrogen-bond acceptors (Lipinski definition) is 4. The topological polar surface area (TPSA) is 73.5 Å². The van der Waals surface area contributed by atoms with Crippen LogP contribution in [0.2, 0.25) is 0 Å². The average molecular weight is 291 g/mol. The van der Waals surface area contributed by atoms with Gasteiger partial charge in [0.15, 0.2) is 11.5 Å². The van der Waals surface area contributed by atoms with Crippen LogP contribution in [0.5, 0.6) is 11.5 Å². The first-order chi connectivity index (χ1) is 9.90. The summed E-state index contributed by atoms with van der Waals surface area (Å²) in [5.41, 5.74) is 2.36.